The van der Waals surface area contributed by atoms with Crippen LogP contribution in [0, 0.1) is 0 Å². The van der Waals surface area contributed by atoms with Crippen LogP contribution in [0.25, 0.3) is 22.5 Å². The van der Waals surface area contributed by atoms with Crippen molar-refractivity contribution in [1.29, 1.82) is 0 Å². The van der Waals surface area contributed by atoms with Gasteiger partial charge in [0.05, 0.1) is 5.69 Å². The Morgan fingerprint density at radius 1 is 0.704 bits per heavy atom. The molecular weight excluding hydrogens is 328 g/mol. The monoisotopic (exact) mass is 360 g/mol. The van der Waals surface area contributed by atoms with Gasteiger partial charge in [-0.05, 0) is 36.0 Å². The van der Waals surface area contributed by atoms with Crippen molar-refractivity contribution in [3.63, 3.8) is 0 Å². The van der Waals surface area contributed by atoms with E-state index < -0.39 is 0 Å². The Labute approximate surface area is 164 Å². The SMILES string of the molecule is CCCCCCc1ccc(-c2ccc(-c3nc(CCC)cn3C)cc2)cc1. The van der Waals surface area contributed by atoms with Crippen LogP contribution < -0.4 is 0 Å². The van der Waals surface area contributed by atoms with Crippen LogP contribution in [0.4, 0.5) is 0 Å². The average molecular weight is 361 g/mol. The third kappa shape index (κ3) is 5.09. The smallest absolute Gasteiger partial charge is 0.139 e. The molecule has 1 heterocycles. The van der Waals surface area contributed by atoms with E-state index in [0.29, 0.717) is 0 Å². The first kappa shape index (κ1) is 19.4. The molecular formula is C25H32N2. The molecule has 0 aliphatic carbocycles. The maximum Gasteiger partial charge on any atom is 0.139 e. The molecule has 0 amide bonds. The van der Waals surface area contributed by atoms with Crippen LogP contribution >= 0.6 is 0 Å². The van der Waals surface area contributed by atoms with Crippen molar-refractivity contribution in [1.82, 2.24) is 9.55 Å². The highest BCUT2D eigenvalue weighted by Gasteiger charge is 2.08. The zero-order valence-electron chi connectivity index (χ0n) is 17.0. The lowest BCUT2D eigenvalue weighted by Gasteiger charge is -2.07. The highest BCUT2D eigenvalue weighted by Crippen LogP contribution is 2.25. The van der Waals surface area contributed by atoms with Gasteiger partial charge in [0.2, 0.25) is 0 Å². The van der Waals surface area contributed by atoms with Crippen LogP contribution in [0.5, 0.6) is 0 Å². The predicted octanol–water partition coefficient (Wildman–Crippen LogP) is 6.83. The van der Waals surface area contributed by atoms with E-state index >= 15 is 0 Å². The van der Waals surface area contributed by atoms with E-state index in [2.05, 4.69) is 80.2 Å². The Morgan fingerprint density at radius 2 is 1.33 bits per heavy atom. The number of aryl methyl sites for hydroxylation is 3. The molecule has 0 aliphatic heterocycles. The van der Waals surface area contributed by atoms with E-state index in [0.717, 1.165) is 18.7 Å². The number of imidazole rings is 1. The first-order chi connectivity index (χ1) is 13.2. The number of nitrogens with zero attached hydrogens (tertiary/aromatic N) is 2. The van der Waals surface area contributed by atoms with E-state index in [-0.39, 0.29) is 0 Å². The molecule has 0 N–H and O–H groups in total. The summed E-state index contributed by atoms with van der Waals surface area (Å²) in [5, 5.41) is 0. The summed E-state index contributed by atoms with van der Waals surface area (Å²) in [5.74, 6) is 1.05. The minimum atomic E-state index is 1.04. The zero-order chi connectivity index (χ0) is 19.1. The second-order valence-electron chi connectivity index (χ2n) is 7.50. The number of aromatic nitrogens is 2. The van der Waals surface area contributed by atoms with Crippen molar-refractivity contribution >= 4 is 0 Å². The molecule has 2 heteroatoms. The number of rotatable bonds is 9. The van der Waals surface area contributed by atoms with Gasteiger partial charge < -0.3 is 4.57 Å². The van der Waals surface area contributed by atoms with Gasteiger partial charge >= 0.3 is 0 Å². The predicted molar refractivity (Wildman–Crippen MR) is 116 cm³/mol. The molecule has 3 rings (SSSR count). The molecule has 0 fully saturated rings. The number of hydrogen-bond acceptors (Lipinski definition) is 1. The topological polar surface area (TPSA) is 17.8 Å². The van der Waals surface area contributed by atoms with Crippen LogP contribution in [-0.2, 0) is 19.9 Å². The molecule has 0 bridgehead atoms. The minimum absolute atomic E-state index is 1.04. The van der Waals surface area contributed by atoms with Crippen molar-refractivity contribution in [3.8, 4) is 22.5 Å². The lowest BCUT2D eigenvalue weighted by atomic mass is 10.00. The fourth-order valence-corrected chi connectivity index (χ4v) is 3.60. The first-order valence-electron chi connectivity index (χ1n) is 10.4. The Morgan fingerprint density at radius 3 is 1.96 bits per heavy atom. The van der Waals surface area contributed by atoms with Crippen LogP contribution in [0.2, 0.25) is 0 Å². The molecule has 0 radical (unpaired) electrons. The summed E-state index contributed by atoms with van der Waals surface area (Å²) in [4.78, 5) is 4.79. The second-order valence-corrected chi connectivity index (χ2v) is 7.50. The Hall–Kier alpha value is -2.35. The van der Waals surface area contributed by atoms with Gasteiger partial charge in [-0.25, -0.2) is 4.98 Å². The van der Waals surface area contributed by atoms with Gasteiger partial charge in [-0.1, -0.05) is 88.1 Å². The summed E-state index contributed by atoms with van der Waals surface area (Å²) in [6, 6.07) is 17.9. The highest BCUT2D eigenvalue weighted by atomic mass is 15.0. The largest absolute Gasteiger partial charge is 0.334 e. The highest BCUT2D eigenvalue weighted by molar-refractivity contribution is 5.68. The van der Waals surface area contributed by atoms with Gasteiger partial charge in [0.1, 0.15) is 5.82 Å². The van der Waals surface area contributed by atoms with Crippen LogP contribution in [0.15, 0.2) is 54.7 Å². The number of hydrogen-bond donors (Lipinski definition) is 0. The molecule has 27 heavy (non-hydrogen) atoms. The molecule has 0 atom stereocenters. The normalized spacial score (nSPS) is 11.1. The Balaban J connectivity index is 1.68. The Bertz CT molecular complexity index is 826. The quantitative estimate of drug-likeness (QED) is 0.382. The summed E-state index contributed by atoms with van der Waals surface area (Å²) < 4.78 is 2.13. The van der Waals surface area contributed by atoms with Gasteiger partial charge in [0, 0.05) is 18.8 Å². The van der Waals surface area contributed by atoms with Crippen LogP contribution in [0.1, 0.15) is 57.2 Å². The third-order valence-corrected chi connectivity index (χ3v) is 5.18. The number of benzene rings is 2. The minimum Gasteiger partial charge on any atom is -0.334 e. The molecule has 0 spiro atoms. The van der Waals surface area contributed by atoms with Gasteiger partial charge in [-0.15, -0.1) is 0 Å². The molecule has 2 aromatic carbocycles. The van der Waals surface area contributed by atoms with E-state index in [1.807, 2.05) is 0 Å². The molecule has 1 aromatic heterocycles. The van der Waals surface area contributed by atoms with Gasteiger partial charge in [-0.2, -0.15) is 0 Å². The number of unbranched alkanes of at least 4 members (excludes halogenated alkanes) is 3. The van der Waals surface area contributed by atoms with Gasteiger partial charge in [0.25, 0.3) is 0 Å². The van der Waals surface area contributed by atoms with Crippen molar-refractivity contribution in [3.05, 3.63) is 66.0 Å². The molecule has 0 aliphatic rings. The maximum atomic E-state index is 4.79. The maximum absolute atomic E-state index is 4.79. The zero-order valence-corrected chi connectivity index (χ0v) is 17.0. The molecule has 0 saturated carbocycles. The summed E-state index contributed by atoms with van der Waals surface area (Å²) in [6.07, 6.45) is 10.8. The molecule has 3 aromatic rings. The van der Waals surface area contributed by atoms with Gasteiger partial charge in [0.15, 0.2) is 0 Å². The molecule has 0 unspecified atom stereocenters. The van der Waals surface area contributed by atoms with E-state index in [1.165, 1.54) is 60.1 Å². The molecule has 0 saturated heterocycles. The fourth-order valence-electron chi connectivity index (χ4n) is 3.60. The lowest BCUT2D eigenvalue weighted by molar-refractivity contribution is 0.667. The van der Waals surface area contributed by atoms with E-state index in [4.69, 9.17) is 4.98 Å². The van der Waals surface area contributed by atoms with Crippen molar-refractivity contribution in [2.45, 2.75) is 58.8 Å². The fraction of sp³-hybridized carbons (Fsp3) is 0.400. The molecule has 142 valence electrons. The standard InChI is InChI=1S/C25H32N2/c1-4-6-7-8-10-20-11-13-21(14-12-20)22-15-17-23(18-16-22)25-26-24(9-5-2)19-27(25)3/h11-19H,4-10H2,1-3H3. The summed E-state index contributed by atoms with van der Waals surface area (Å²) >= 11 is 0. The van der Waals surface area contributed by atoms with Gasteiger partial charge in [-0.3, -0.25) is 0 Å². The second kappa shape index (κ2) is 9.55. The third-order valence-electron chi connectivity index (χ3n) is 5.18. The molecule has 2 nitrogen and oxygen atoms in total. The van der Waals surface area contributed by atoms with Crippen LogP contribution in [0.3, 0.4) is 0 Å². The van der Waals surface area contributed by atoms with Crippen LogP contribution in [-0.4, -0.2) is 9.55 Å². The van der Waals surface area contributed by atoms with Crippen molar-refractivity contribution in [2.24, 2.45) is 7.05 Å². The summed E-state index contributed by atoms with van der Waals surface area (Å²) in [6.45, 7) is 4.46. The summed E-state index contributed by atoms with van der Waals surface area (Å²) in [5.41, 5.74) is 6.34. The summed E-state index contributed by atoms with van der Waals surface area (Å²) in [7, 11) is 2.08. The van der Waals surface area contributed by atoms with Crippen molar-refractivity contribution in [2.75, 3.05) is 0 Å². The van der Waals surface area contributed by atoms with E-state index in [9.17, 15) is 0 Å². The van der Waals surface area contributed by atoms with E-state index in [1.54, 1.807) is 0 Å². The first-order valence-corrected chi connectivity index (χ1v) is 10.4. The van der Waals surface area contributed by atoms with Crippen molar-refractivity contribution < 1.29 is 0 Å². The lowest BCUT2D eigenvalue weighted by Crippen LogP contribution is -1.91. The average Bonchev–Trinajstić information content (AvgIpc) is 3.06. The Kier molecular flexibility index (Phi) is 6.86.